The molecular weight excluding hydrogens is 436 g/mol. The van der Waals surface area contributed by atoms with Crippen molar-refractivity contribution in [3.05, 3.63) is 64.6 Å². The van der Waals surface area contributed by atoms with Crippen molar-refractivity contribution in [3.8, 4) is 5.75 Å². The fourth-order valence-corrected chi connectivity index (χ4v) is 4.74. The van der Waals surface area contributed by atoms with E-state index in [1.54, 1.807) is 37.6 Å². The maximum atomic E-state index is 12.4. The first-order valence-corrected chi connectivity index (χ1v) is 10.0. The van der Waals surface area contributed by atoms with Gasteiger partial charge in [-0.15, -0.1) is 22.7 Å². The molecule has 3 rings (SSSR count). The van der Waals surface area contributed by atoms with Gasteiger partial charge in [0.05, 0.1) is 17.3 Å². The average Bonchev–Trinajstić information content (AvgIpc) is 3.14. The smallest absolute Gasteiger partial charge is 0.268 e. The van der Waals surface area contributed by atoms with E-state index in [1.165, 1.54) is 22.0 Å². The lowest BCUT2D eigenvalue weighted by Crippen LogP contribution is -2.29. The zero-order valence-corrected chi connectivity index (χ0v) is 17.2. The first-order chi connectivity index (χ1) is 12.5. The summed E-state index contributed by atoms with van der Waals surface area (Å²) in [6.07, 6.45) is 3.25. The largest absolute Gasteiger partial charge is 0.495 e. The van der Waals surface area contributed by atoms with Gasteiger partial charge in [0, 0.05) is 27.9 Å². The van der Waals surface area contributed by atoms with Crippen LogP contribution in [0.1, 0.15) is 4.88 Å². The van der Waals surface area contributed by atoms with Gasteiger partial charge in [0.25, 0.3) is 11.5 Å². The monoisotopic (exact) mass is 450 g/mol. The molecule has 0 aliphatic rings. The van der Waals surface area contributed by atoms with Crippen LogP contribution in [0.5, 0.6) is 5.75 Å². The molecule has 2 aromatic heterocycles. The third-order valence-corrected chi connectivity index (χ3v) is 6.29. The van der Waals surface area contributed by atoms with Gasteiger partial charge in [-0.25, -0.2) is 0 Å². The molecule has 8 heteroatoms. The second-order valence-corrected chi connectivity index (χ2v) is 8.23. The Morgan fingerprint density at radius 3 is 2.81 bits per heavy atom. The molecule has 0 saturated heterocycles. The molecule has 0 aliphatic heterocycles. The molecule has 0 atom stereocenters. The van der Waals surface area contributed by atoms with E-state index in [2.05, 4.69) is 21.2 Å². The number of carbonyl (C=O) groups is 1. The summed E-state index contributed by atoms with van der Waals surface area (Å²) in [5, 5.41) is 4.73. The second kappa shape index (κ2) is 8.03. The Morgan fingerprint density at radius 2 is 2.12 bits per heavy atom. The number of hydrogen-bond acceptors (Lipinski definition) is 5. The lowest BCUT2D eigenvalue weighted by molar-refractivity contribution is -0.110. The normalized spacial score (nSPS) is 12.4. The van der Waals surface area contributed by atoms with Gasteiger partial charge in [-0.2, -0.15) is 0 Å². The standard InChI is InChI=1S/C18H15BrN2O3S2/c1-21-17(9-16(22)20-13-5-3-4-6-14(13)24-2)26-15(18(21)23)8-12-7-11(19)10-25-12/h3-10H,1-2H3,(H,20,22). The van der Waals surface area contributed by atoms with Crippen molar-refractivity contribution in [2.45, 2.75) is 0 Å². The van der Waals surface area contributed by atoms with E-state index >= 15 is 0 Å². The van der Waals surface area contributed by atoms with Gasteiger partial charge in [-0.3, -0.25) is 9.59 Å². The number of thiophene rings is 1. The Bertz CT molecular complexity index is 1130. The number of nitrogens with one attached hydrogen (secondary N) is 1. The first-order valence-electron chi connectivity index (χ1n) is 7.55. The van der Waals surface area contributed by atoms with Crippen molar-refractivity contribution in [2.24, 2.45) is 7.05 Å². The number of ether oxygens (including phenoxy) is 1. The fraction of sp³-hybridized carbons (Fsp3) is 0.111. The average molecular weight is 451 g/mol. The molecule has 5 nitrogen and oxygen atoms in total. The van der Waals surface area contributed by atoms with Crippen LogP contribution in [-0.2, 0) is 11.8 Å². The highest BCUT2D eigenvalue weighted by Crippen LogP contribution is 2.23. The van der Waals surface area contributed by atoms with Crippen molar-refractivity contribution in [2.75, 3.05) is 12.4 Å². The number of thiazole rings is 1. The van der Waals surface area contributed by atoms with Crippen molar-refractivity contribution >= 4 is 62.4 Å². The molecule has 1 amide bonds. The van der Waals surface area contributed by atoms with Gasteiger partial charge < -0.3 is 14.6 Å². The van der Waals surface area contributed by atoms with Crippen molar-refractivity contribution in [1.29, 1.82) is 0 Å². The zero-order chi connectivity index (χ0) is 18.7. The van der Waals surface area contributed by atoms with Gasteiger partial charge in [-0.05, 0) is 40.2 Å². The Morgan fingerprint density at radius 1 is 1.35 bits per heavy atom. The van der Waals surface area contributed by atoms with E-state index in [4.69, 9.17) is 4.74 Å². The summed E-state index contributed by atoms with van der Waals surface area (Å²) in [6, 6.07) is 9.10. The number of nitrogens with zero attached hydrogens (tertiary/aromatic N) is 1. The van der Waals surface area contributed by atoms with Gasteiger partial charge in [0.2, 0.25) is 0 Å². The molecule has 26 heavy (non-hydrogen) atoms. The van der Waals surface area contributed by atoms with E-state index < -0.39 is 0 Å². The Kier molecular flexibility index (Phi) is 5.75. The number of hydrogen-bond donors (Lipinski definition) is 1. The molecule has 0 unspecified atom stereocenters. The molecule has 1 N–H and O–H groups in total. The highest BCUT2D eigenvalue weighted by molar-refractivity contribution is 9.10. The minimum Gasteiger partial charge on any atom is -0.495 e. The van der Waals surface area contributed by atoms with Crippen LogP contribution in [-0.4, -0.2) is 17.6 Å². The molecule has 0 radical (unpaired) electrons. The van der Waals surface area contributed by atoms with Crippen LogP contribution >= 0.6 is 38.6 Å². The quantitative estimate of drug-likeness (QED) is 0.664. The van der Waals surface area contributed by atoms with Crippen LogP contribution in [0.3, 0.4) is 0 Å². The fourth-order valence-electron chi connectivity index (χ4n) is 2.27. The predicted octanol–water partition coefficient (Wildman–Crippen LogP) is 2.53. The summed E-state index contributed by atoms with van der Waals surface area (Å²) in [4.78, 5) is 25.7. The number of anilines is 1. The van der Waals surface area contributed by atoms with Crippen LogP contribution in [0.4, 0.5) is 5.69 Å². The Balaban J connectivity index is 1.94. The zero-order valence-electron chi connectivity index (χ0n) is 14.0. The maximum Gasteiger partial charge on any atom is 0.268 e. The van der Waals surface area contributed by atoms with Crippen molar-refractivity contribution in [1.82, 2.24) is 4.57 Å². The molecule has 0 aliphatic carbocycles. The Labute approximate surface area is 166 Å². The van der Waals surface area contributed by atoms with Gasteiger partial charge >= 0.3 is 0 Å². The second-order valence-electron chi connectivity index (χ2n) is 5.31. The lowest BCUT2D eigenvalue weighted by Gasteiger charge is -2.07. The van der Waals surface area contributed by atoms with Gasteiger partial charge in [0.15, 0.2) is 0 Å². The SMILES string of the molecule is COc1ccccc1NC(=O)C=c1sc(=Cc2cc(Br)cs2)c(=O)n1C. The van der Waals surface area contributed by atoms with Gasteiger partial charge in [-0.1, -0.05) is 12.1 Å². The van der Waals surface area contributed by atoms with Crippen LogP contribution in [0.25, 0.3) is 12.2 Å². The van der Waals surface area contributed by atoms with E-state index in [0.717, 1.165) is 9.35 Å². The summed E-state index contributed by atoms with van der Waals surface area (Å²) in [6.45, 7) is 0. The van der Waals surface area contributed by atoms with E-state index in [-0.39, 0.29) is 11.5 Å². The third kappa shape index (κ3) is 4.14. The molecule has 2 heterocycles. The van der Waals surface area contributed by atoms with Crippen LogP contribution < -0.4 is 24.8 Å². The van der Waals surface area contributed by atoms with Crippen LogP contribution in [0.15, 0.2) is 45.0 Å². The molecule has 134 valence electrons. The number of para-hydroxylation sites is 2. The molecule has 0 saturated carbocycles. The van der Waals surface area contributed by atoms with E-state index in [9.17, 15) is 9.59 Å². The molecular formula is C18H15BrN2O3S2. The third-order valence-electron chi connectivity index (χ3n) is 3.54. The molecule has 3 aromatic rings. The number of carbonyl (C=O) groups excluding carboxylic acids is 1. The van der Waals surface area contributed by atoms with Crippen molar-refractivity contribution < 1.29 is 9.53 Å². The van der Waals surface area contributed by atoms with Crippen molar-refractivity contribution in [3.63, 3.8) is 0 Å². The minimum atomic E-state index is -0.322. The highest BCUT2D eigenvalue weighted by atomic mass is 79.9. The number of amides is 1. The number of aromatic nitrogens is 1. The van der Waals surface area contributed by atoms with E-state index in [0.29, 0.717) is 20.6 Å². The summed E-state index contributed by atoms with van der Waals surface area (Å²) < 4.78 is 8.83. The molecule has 1 aromatic carbocycles. The number of halogens is 1. The maximum absolute atomic E-state index is 12.4. The summed E-state index contributed by atoms with van der Waals surface area (Å²) in [7, 11) is 3.20. The Hall–Kier alpha value is -2.16. The summed E-state index contributed by atoms with van der Waals surface area (Å²) >= 11 is 6.22. The topological polar surface area (TPSA) is 60.3 Å². The number of methoxy groups -OCH3 is 1. The predicted molar refractivity (Wildman–Crippen MR) is 110 cm³/mol. The number of rotatable bonds is 4. The highest BCUT2D eigenvalue weighted by Gasteiger charge is 2.07. The lowest BCUT2D eigenvalue weighted by atomic mass is 10.3. The van der Waals surface area contributed by atoms with Gasteiger partial charge in [0.1, 0.15) is 10.4 Å². The summed E-state index contributed by atoms with van der Waals surface area (Å²) in [5.41, 5.74) is 0.448. The summed E-state index contributed by atoms with van der Waals surface area (Å²) in [5.74, 6) is 0.253. The van der Waals surface area contributed by atoms with E-state index in [1.807, 2.05) is 29.7 Å². The van der Waals surface area contributed by atoms with Crippen LogP contribution in [0.2, 0.25) is 0 Å². The molecule has 0 fully saturated rings. The van der Waals surface area contributed by atoms with Crippen LogP contribution in [0, 0.1) is 0 Å². The number of benzene rings is 1. The first kappa shape index (κ1) is 18.6. The molecule has 0 spiro atoms. The molecule has 0 bridgehead atoms. The minimum absolute atomic E-state index is 0.129.